The summed E-state index contributed by atoms with van der Waals surface area (Å²) in [6.45, 7) is 1.95. The molecule has 0 spiro atoms. The van der Waals surface area contributed by atoms with Gasteiger partial charge in [0.25, 0.3) is 0 Å². The van der Waals surface area contributed by atoms with Crippen LogP contribution in [0.5, 0.6) is 5.75 Å². The number of ether oxygens (including phenoxy) is 1. The third-order valence-corrected chi connectivity index (χ3v) is 4.09. The molecule has 0 saturated heterocycles. The number of aryl methyl sites for hydroxylation is 1. The normalized spacial score (nSPS) is 12.3. The van der Waals surface area contributed by atoms with Crippen molar-refractivity contribution in [2.75, 3.05) is 7.11 Å². The van der Waals surface area contributed by atoms with Crippen LogP contribution in [0.1, 0.15) is 22.1 Å². The van der Waals surface area contributed by atoms with E-state index in [0.29, 0.717) is 4.47 Å². The molecule has 19 heavy (non-hydrogen) atoms. The molecule has 1 atom stereocenters. The average Bonchev–Trinajstić information content (AvgIpc) is 2.41. The largest absolute Gasteiger partial charge is 0.496 e. The Morgan fingerprint density at radius 1 is 1.16 bits per heavy atom. The number of hydrogen-bond acceptors (Lipinski definition) is 1. The SMILES string of the molecule is COc1ccc(C(Cl)c2ccc(Br)c(F)c2)cc1C. The Kier molecular flexibility index (Phi) is 4.48. The molecule has 0 radical (unpaired) electrons. The molecule has 2 aromatic carbocycles. The van der Waals surface area contributed by atoms with Gasteiger partial charge in [0.15, 0.2) is 0 Å². The molecule has 0 amide bonds. The molecule has 0 fully saturated rings. The molecule has 0 aliphatic carbocycles. The Bertz CT molecular complexity index is 601. The van der Waals surface area contributed by atoms with Crippen LogP contribution >= 0.6 is 27.5 Å². The van der Waals surface area contributed by atoms with Crippen molar-refractivity contribution in [3.05, 3.63) is 63.4 Å². The number of methoxy groups -OCH3 is 1. The van der Waals surface area contributed by atoms with Gasteiger partial charge in [-0.25, -0.2) is 4.39 Å². The van der Waals surface area contributed by atoms with E-state index in [-0.39, 0.29) is 11.2 Å². The molecule has 1 nitrogen and oxygen atoms in total. The van der Waals surface area contributed by atoms with Crippen molar-refractivity contribution in [1.29, 1.82) is 0 Å². The van der Waals surface area contributed by atoms with Gasteiger partial charge in [-0.05, 0) is 57.7 Å². The number of rotatable bonds is 3. The summed E-state index contributed by atoms with van der Waals surface area (Å²) < 4.78 is 19.2. The first-order chi connectivity index (χ1) is 9.02. The molecule has 4 heteroatoms. The summed E-state index contributed by atoms with van der Waals surface area (Å²) in [4.78, 5) is 0. The van der Waals surface area contributed by atoms with Crippen molar-refractivity contribution in [1.82, 2.24) is 0 Å². The van der Waals surface area contributed by atoms with Gasteiger partial charge < -0.3 is 4.74 Å². The van der Waals surface area contributed by atoms with Crippen LogP contribution in [0.2, 0.25) is 0 Å². The van der Waals surface area contributed by atoms with E-state index in [9.17, 15) is 4.39 Å². The number of benzene rings is 2. The highest BCUT2D eigenvalue weighted by Gasteiger charge is 2.14. The molecule has 0 aliphatic rings. The fraction of sp³-hybridized carbons (Fsp3) is 0.200. The van der Waals surface area contributed by atoms with Gasteiger partial charge in [-0.3, -0.25) is 0 Å². The zero-order valence-corrected chi connectivity index (χ0v) is 12.9. The maximum atomic E-state index is 13.5. The van der Waals surface area contributed by atoms with Gasteiger partial charge in [0.1, 0.15) is 11.6 Å². The lowest BCUT2D eigenvalue weighted by atomic mass is 10.0. The van der Waals surface area contributed by atoms with Crippen LogP contribution in [0, 0.1) is 12.7 Å². The number of hydrogen-bond donors (Lipinski definition) is 0. The van der Waals surface area contributed by atoms with E-state index in [2.05, 4.69) is 15.9 Å². The second-order valence-electron chi connectivity index (χ2n) is 4.27. The fourth-order valence-electron chi connectivity index (χ4n) is 1.92. The number of alkyl halides is 1. The molecule has 0 saturated carbocycles. The van der Waals surface area contributed by atoms with Crippen LogP contribution < -0.4 is 4.74 Å². The predicted molar refractivity (Wildman–Crippen MR) is 79.5 cm³/mol. The molecular weight excluding hydrogens is 331 g/mol. The van der Waals surface area contributed by atoms with Gasteiger partial charge in [0.2, 0.25) is 0 Å². The minimum absolute atomic E-state index is 0.312. The van der Waals surface area contributed by atoms with Gasteiger partial charge in [-0.2, -0.15) is 0 Å². The van der Waals surface area contributed by atoms with E-state index in [0.717, 1.165) is 22.4 Å². The van der Waals surface area contributed by atoms with Crippen LogP contribution in [0.4, 0.5) is 4.39 Å². The van der Waals surface area contributed by atoms with Crippen molar-refractivity contribution in [2.24, 2.45) is 0 Å². The molecule has 0 heterocycles. The Labute approximate surface area is 125 Å². The van der Waals surface area contributed by atoms with E-state index < -0.39 is 0 Å². The lowest BCUT2D eigenvalue weighted by Crippen LogP contribution is -1.96. The maximum Gasteiger partial charge on any atom is 0.137 e. The lowest BCUT2D eigenvalue weighted by Gasteiger charge is -2.13. The Morgan fingerprint density at radius 3 is 2.37 bits per heavy atom. The Balaban J connectivity index is 2.35. The van der Waals surface area contributed by atoms with E-state index >= 15 is 0 Å². The summed E-state index contributed by atoms with van der Waals surface area (Å²) >= 11 is 9.53. The predicted octanol–water partition coefficient (Wildman–Crippen LogP) is 5.23. The van der Waals surface area contributed by atoms with Crippen molar-refractivity contribution in [3.63, 3.8) is 0 Å². The lowest BCUT2D eigenvalue weighted by molar-refractivity contribution is 0.411. The second kappa shape index (κ2) is 5.93. The highest BCUT2D eigenvalue weighted by atomic mass is 79.9. The fourth-order valence-corrected chi connectivity index (χ4v) is 2.44. The van der Waals surface area contributed by atoms with Crippen molar-refractivity contribution in [2.45, 2.75) is 12.3 Å². The summed E-state index contributed by atoms with van der Waals surface area (Å²) in [5, 5.41) is -0.382. The highest BCUT2D eigenvalue weighted by Crippen LogP contribution is 2.33. The van der Waals surface area contributed by atoms with Gasteiger partial charge in [-0.15, -0.1) is 11.6 Å². The zero-order chi connectivity index (χ0) is 14.0. The summed E-state index contributed by atoms with van der Waals surface area (Å²) in [6, 6.07) is 10.6. The van der Waals surface area contributed by atoms with Crippen molar-refractivity contribution in [3.8, 4) is 5.75 Å². The topological polar surface area (TPSA) is 9.23 Å². The van der Waals surface area contributed by atoms with E-state index in [1.807, 2.05) is 31.2 Å². The highest BCUT2D eigenvalue weighted by molar-refractivity contribution is 9.10. The van der Waals surface area contributed by atoms with Gasteiger partial charge in [-0.1, -0.05) is 18.2 Å². The first kappa shape index (κ1) is 14.4. The summed E-state index contributed by atoms with van der Waals surface area (Å²) in [5.41, 5.74) is 2.65. The van der Waals surface area contributed by atoms with E-state index in [4.69, 9.17) is 16.3 Å². The summed E-state index contributed by atoms with van der Waals surface area (Å²) in [5.74, 6) is 0.503. The molecular formula is C15H13BrClFO. The van der Waals surface area contributed by atoms with Crippen molar-refractivity contribution >= 4 is 27.5 Å². The van der Waals surface area contributed by atoms with Crippen LogP contribution in [0.25, 0.3) is 0 Å². The Morgan fingerprint density at radius 2 is 1.79 bits per heavy atom. The quantitative estimate of drug-likeness (QED) is 0.693. The van der Waals surface area contributed by atoms with Gasteiger partial charge >= 0.3 is 0 Å². The van der Waals surface area contributed by atoms with Crippen LogP contribution in [-0.2, 0) is 0 Å². The summed E-state index contributed by atoms with van der Waals surface area (Å²) in [7, 11) is 1.63. The third-order valence-electron chi connectivity index (χ3n) is 2.95. The maximum absolute atomic E-state index is 13.5. The third kappa shape index (κ3) is 3.10. The Hall–Kier alpha value is -1.06. The van der Waals surface area contributed by atoms with Gasteiger partial charge in [0.05, 0.1) is 17.0 Å². The number of halogens is 3. The molecule has 2 aromatic rings. The first-order valence-electron chi connectivity index (χ1n) is 5.76. The molecule has 0 N–H and O–H groups in total. The minimum Gasteiger partial charge on any atom is -0.496 e. The van der Waals surface area contributed by atoms with E-state index in [1.54, 1.807) is 13.2 Å². The molecule has 1 unspecified atom stereocenters. The van der Waals surface area contributed by atoms with Crippen LogP contribution in [0.3, 0.4) is 0 Å². The zero-order valence-electron chi connectivity index (χ0n) is 10.6. The average molecular weight is 344 g/mol. The smallest absolute Gasteiger partial charge is 0.137 e. The molecule has 2 rings (SSSR count). The van der Waals surface area contributed by atoms with E-state index in [1.165, 1.54) is 6.07 Å². The minimum atomic E-state index is -0.382. The molecule has 0 aromatic heterocycles. The van der Waals surface area contributed by atoms with Crippen LogP contribution in [0.15, 0.2) is 40.9 Å². The first-order valence-corrected chi connectivity index (χ1v) is 6.99. The molecule has 0 aliphatic heterocycles. The standard InChI is InChI=1S/C15H13BrClFO/c1-9-7-10(4-6-14(9)19-2)15(17)11-3-5-12(16)13(18)8-11/h3-8,15H,1-2H3. The van der Waals surface area contributed by atoms with Crippen LogP contribution in [-0.4, -0.2) is 7.11 Å². The monoisotopic (exact) mass is 342 g/mol. The van der Waals surface area contributed by atoms with Crippen molar-refractivity contribution < 1.29 is 9.13 Å². The summed E-state index contributed by atoms with van der Waals surface area (Å²) in [6.07, 6.45) is 0. The molecule has 0 bridgehead atoms. The van der Waals surface area contributed by atoms with Gasteiger partial charge in [0, 0.05) is 0 Å². The second-order valence-corrected chi connectivity index (χ2v) is 5.56. The molecule has 100 valence electrons.